The van der Waals surface area contributed by atoms with Gasteiger partial charge in [-0.05, 0) is 76.6 Å². The van der Waals surface area contributed by atoms with E-state index in [0.717, 1.165) is 46.0 Å². The van der Waals surface area contributed by atoms with Gasteiger partial charge >= 0.3 is 0 Å². The second kappa shape index (κ2) is 9.61. The van der Waals surface area contributed by atoms with Crippen LogP contribution in [0.15, 0.2) is 134 Å². The van der Waals surface area contributed by atoms with Crippen LogP contribution < -0.4 is 5.32 Å². The second-order valence-electron chi connectivity index (χ2n) is 10.3. The SMILES string of the molecule is C1=Cc2c(c3ccccc3n2-c2ccc(-c3cc(-c4ccccn4)nc(-c4cccc5ccccc45)c3)cc2)CN1. The van der Waals surface area contributed by atoms with Crippen molar-refractivity contribution in [1.29, 1.82) is 0 Å². The molecule has 4 heterocycles. The van der Waals surface area contributed by atoms with Crippen LogP contribution in [-0.2, 0) is 6.54 Å². The highest BCUT2D eigenvalue weighted by atomic mass is 15.0. The van der Waals surface area contributed by atoms with E-state index in [1.54, 1.807) is 0 Å². The van der Waals surface area contributed by atoms with Gasteiger partial charge in [-0.25, -0.2) is 4.98 Å². The van der Waals surface area contributed by atoms with E-state index in [4.69, 9.17) is 4.98 Å². The van der Waals surface area contributed by atoms with Crippen LogP contribution >= 0.6 is 0 Å². The summed E-state index contributed by atoms with van der Waals surface area (Å²) < 4.78 is 2.36. The molecule has 0 saturated heterocycles. The minimum atomic E-state index is 0.835. The van der Waals surface area contributed by atoms with Crippen LogP contribution in [-0.4, -0.2) is 14.5 Å². The minimum Gasteiger partial charge on any atom is -0.387 e. The van der Waals surface area contributed by atoms with E-state index < -0.39 is 0 Å². The molecule has 1 N–H and O–H groups in total. The van der Waals surface area contributed by atoms with Gasteiger partial charge < -0.3 is 9.88 Å². The molecule has 0 aliphatic carbocycles. The maximum Gasteiger partial charge on any atom is 0.0899 e. The third kappa shape index (κ3) is 4.00. The summed E-state index contributed by atoms with van der Waals surface area (Å²) in [5.41, 5.74) is 11.0. The highest BCUT2D eigenvalue weighted by Crippen LogP contribution is 2.35. The van der Waals surface area contributed by atoms with E-state index in [-0.39, 0.29) is 0 Å². The summed E-state index contributed by atoms with van der Waals surface area (Å²) in [6.45, 7) is 0.835. The molecular formula is C37H26N4. The number of nitrogens with one attached hydrogen (secondary N) is 1. The second-order valence-corrected chi connectivity index (χ2v) is 10.3. The molecule has 0 fully saturated rings. The van der Waals surface area contributed by atoms with E-state index in [2.05, 4.69) is 124 Å². The molecule has 0 unspecified atom stereocenters. The van der Waals surface area contributed by atoms with Gasteiger partial charge in [-0.15, -0.1) is 0 Å². The molecule has 0 bridgehead atoms. The first-order valence-electron chi connectivity index (χ1n) is 13.9. The topological polar surface area (TPSA) is 42.7 Å². The molecule has 4 aromatic carbocycles. The Bertz CT molecular complexity index is 2080. The number of pyridine rings is 2. The van der Waals surface area contributed by atoms with Crippen LogP contribution in [0.25, 0.3) is 67.2 Å². The first-order valence-corrected chi connectivity index (χ1v) is 13.9. The van der Waals surface area contributed by atoms with Crippen molar-refractivity contribution in [2.45, 2.75) is 6.54 Å². The van der Waals surface area contributed by atoms with Gasteiger partial charge in [-0.1, -0.05) is 78.9 Å². The van der Waals surface area contributed by atoms with Crippen molar-refractivity contribution >= 4 is 27.8 Å². The Hall–Kier alpha value is -5.48. The molecule has 0 spiro atoms. The van der Waals surface area contributed by atoms with Crippen molar-refractivity contribution in [2.24, 2.45) is 0 Å². The van der Waals surface area contributed by atoms with Crippen molar-refractivity contribution in [1.82, 2.24) is 19.9 Å². The van der Waals surface area contributed by atoms with Gasteiger partial charge in [0.1, 0.15) is 0 Å². The number of hydrogen-bond donors (Lipinski definition) is 1. The number of nitrogens with zero attached hydrogens (tertiary/aromatic N) is 3. The summed E-state index contributed by atoms with van der Waals surface area (Å²) in [6.07, 6.45) is 6.03. The summed E-state index contributed by atoms with van der Waals surface area (Å²) >= 11 is 0. The Balaban J connectivity index is 1.28. The van der Waals surface area contributed by atoms with Crippen LogP contribution in [0.2, 0.25) is 0 Å². The van der Waals surface area contributed by atoms with Crippen molar-refractivity contribution in [3.05, 3.63) is 145 Å². The number of fused-ring (bicyclic) bond motifs is 4. The van der Waals surface area contributed by atoms with Crippen molar-refractivity contribution < 1.29 is 0 Å². The van der Waals surface area contributed by atoms with Gasteiger partial charge in [0, 0.05) is 34.9 Å². The lowest BCUT2D eigenvalue weighted by Crippen LogP contribution is -2.10. The van der Waals surface area contributed by atoms with E-state index in [1.165, 1.54) is 32.9 Å². The number of hydrogen-bond acceptors (Lipinski definition) is 3. The summed E-state index contributed by atoms with van der Waals surface area (Å²) in [6, 6.07) is 42.7. The van der Waals surface area contributed by atoms with Gasteiger partial charge in [0.15, 0.2) is 0 Å². The molecule has 0 radical (unpaired) electrons. The fourth-order valence-corrected chi connectivity index (χ4v) is 6.00. The van der Waals surface area contributed by atoms with Crippen molar-refractivity contribution in [3.8, 4) is 39.5 Å². The molecular weight excluding hydrogens is 500 g/mol. The first kappa shape index (κ1) is 23.4. The van der Waals surface area contributed by atoms with Gasteiger partial charge in [0.25, 0.3) is 0 Å². The predicted octanol–water partition coefficient (Wildman–Crippen LogP) is 8.65. The Morgan fingerprint density at radius 3 is 2.29 bits per heavy atom. The zero-order valence-corrected chi connectivity index (χ0v) is 22.3. The average molecular weight is 527 g/mol. The smallest absolute Gasteiger partial charge is 0.0899 e. The largest absolute Gasteiger partial charge is 0.387 e. The van der Waals surface area contributed by atoms with Gasteiger partial charge in [0.2, 0.25) is 0 Å². The summed E-state index contributed by atoms with van der Waals surface area (Å²) in [4.78, 5) is 9.73. The molecule has 194 valence electrons. The fourth-order valence-electron chi connectivity index (χ4n) is 6.00. The van der Waals surface area contributed by atoms with Crippen LogP contribution in [0.3, 0.4) is 0 Å². The normalized spacial score (nSPS) is 12.4. The average Bonchev–Trinajstić information content (AvgIpc) is 3.39. The molecule has 4 heteroatoms. The third-order valence-corrected chi connectivity index (χ3v) is 7.94. The van der Waals surface area contributed by atoms with Crippen LogP contribution in [0.4, 0.5) is 0 Å². The summed E-state index contributed by atoms with van der Waals surface area (Å²) in [5.74, 6) is 0. The number of aromatic nitrogens is 3. The monoisotopic (exact) mass is 526 g/mol. The molecule has 3 aromatic heterocycles. The van der Waals surface area contributed by atoms with Crippen molar-refractivity contribution in [3.63, 3.8) is 0 Å². The van der Waals surface area contributed by atoms with Crippen LogP contribution in [0.1, 0.15) is 11.3 Å². The Morgan fingerprint density at radius 1 is 0.634 bits per heavy atom. The maximum absolute atomic E-state index is 5.11. The van der Waals surface area contributed by atoms with E-state index in [1.807, 2.05) is 30.6 Å². The summed E-state index contributed by atoms with van der Waals surface area (Å²) in [5, 5.41) is 7.05. The Morgan fingerprint density at radius 2 is 1.41 bits per heavy atom. The van der Waals surface area contributed by atoms with E-state index in [9.17, 15) is 0 Å². The molecule has 0 amide bonds. The van der Waals surface area contributed by atoms with Gasteiger partial charge in [-0.3, -0.25) is 4.98 Å². The molecule has 1 aliphatic heterocycles. The predicted molar refractivity (Wildman–Crippen MR) is 169 cm³/mol. The fraction of sp³-hybridized carbons (Fsp3) is 0.0270. The maximum atomic E-state index is 5.11. The minimum absolute atomic E-state index is 0.835. The third-order valence-electron chi connectivity index (χ3n) is 7.94. The lowest BCUT2D eigenvalue weighted by molar-refractivity contribution is 0.855. The zero-order chi connectivity index (χ0) is 27.2. The Labute approximate surface area is 238 Å². The molecule has 4 nitrogen and oxygen atoms in total. The van der Waals surface area contributed by atoms with Crippen LogP contribution in [0, 0.1) is 0 Å². The highest BCUT2D eigenvalue weighted by Gasteiger charge is 2.18. The number of rotatable bonds is 4. The standard InChI is InChI=1S/C37H26N4/c1-2-10-29-26(8-1)9-7-12-30(29)34-22-27(23-35(40-34)33-13-5-6-20-39-33)25-15-17-28(18-16-25)41-36-14-4-3-11-31(36)32-24-38-21-19-37(32)41/h1-23,38H,24H2. The lowest BCUT2D eigenvalue weighted by atomic mass is 9.97. The van der Waals surface area contributed by atoms with Gasteiger partial charge in [-0.2, -0.15) is 0 Å². The quantitative estimate of drug-likeness (QED) is 0.250. The van der Waals surface area contributed by atoms with E-state index >= 15 is 0 Å². The Kier molecular flexibility index (Phi) is 5.49. The number of benzene rings is 4. The number of para-hydroxylation sites is 1. The summed E-state index contributed by atoms with van der Waals surface area (Å²) in [7, 11) is 0. The molecule has 7 aromatic rings. The van der Waals surface area contributed by atoms with Crippen molar-refractivity contribution in [2.75, 3.05) is 0 Å². The van der Waals surface area contributed by atoms with E-state index in [0.29, 0.717) is 0 Å². The zero-order valence-electron chi connectivity index (χ0n) is 22.3. The molecule has 0 atom stereocenters. The van der Waals surface area contributed by atoms with Crippen LogP contribution in [0.5, 0.6) is 0 Å². The van der Waals surface area contributed by atoms with Gasteiger partial charge in [0.05, 0.1) is 28.3 Å². The molecule has 8 rings (SSSR count). The molecule has 1 aliphatic rings. The first-order chi connectivity index (χ1) is 20.3. The molecule has 41 heavy (non-hydrogen) atoms. The lowest BCUT2D eigenvalue weighted by Gasteiger charge is -2.14. The molecule has 0 saturated carbocycles. The highest BCUT2D eigenvalue weighted by molar-refractivity contribution is 5.97.